The van der Waals surface area contributed by atoms with E-state index in [1.807, 2.05) is 5.38 Å². The molecule has 0 N–H and O–H groups in total. The Balaban J connectivity index is 1.72. The summed E-state index contributed by atoms with van der Waals surface area (Å²) in [5, 5.41) is 5.32. The summed E-state index contributed by atoms with van der Waals surface area (Å²) in [4.78, 5) is 9.68. The van der Waals surface area contributed by atoms with Gasteiger partial charge in [0.25, 0.3) is 0 Å². The van der Waals surface area contributed by atoms with Gasteiger partial charge in [0.05, 0.1) is 5.39 Å². The number of halogens is 4. The van der Waals surface area contributed by atoms with Gasteiger partial charge in [-0.25, -0.2) is 14.4 Å². The van der Waals surface area contributed by atoms with Gasteiger partial charge in [0.15, 0.2) is 0 Å². The smallest absolute Gasteiger partial charge is 0.128 e. The molecule has 4 aromatic rings. The number of thioether (sulfide) groups is 1. The van der Waals surface area contributed by atoms with Crippen molar-refractivity contribution in [1.82, 2.24) is 9.97 Å². The maximum Gasteiger partial charge on any atom is 0.128 e. The van der Waals surface area contributed by atoms with Gasteiger partial charge in [-0.1, -0.05) is 46.9 Å². The molecule has 0 aliphatic rings. The van der Waals surface area contributed by atoms with Gasteiger partial charge >= 0.3 is 0 Å². The molecule has 0 radical (unpaired) electrons. The van der Waals surface area contributed by atoms with Crippen LogP contribution in [0.5, 0.6) is 0 Å². The Bertz CT molecular complexity index is 1110. The average molecular weight is 456 g/mol. The molecule has 27 heavy (non-hydrogen) atoms. The van der Waals surface area contributed by atoms with Crippen LogP contribution >= 0.6 is 57.9 Å². The van der Waals surface area contributed by atoms with Crippen molar-refractivity contribution in [3.63, 3.8) is 0 Å². The number of thiophene rings is 1. The van der Waals surface area contributed by atoms with Crippen LogP contribution in [0.15, 0.2) is 53.1 Å². The molecule has 0 amide bonds. The number of fused-ring (bicyclic) bond motifs is 1. The lowest BCUT2D eigenvalue weighted by Gasteiger charge is -2.09. The van der Waals surface area contributed by atoms with Gasteiger partial charge < -0.3 is 0 Å². The Kier molecular flexibility index (Phi) is 5.58. The van der Waals surface area contributed by atoms with Crippen LogP contribution in [-0.4, -0.2) is 9.97 Å². The van der Waals surface area contributed by atoms with E-state index in [-0.39, 0.29) is 5.82 Å². The van der Waals surface area contributed by atoms with E-state index in [1.165, 1.54) is 35.2 Å². The maximum atomic E-state index is 13.3. The van der Waals surface area contributed by atoms with Gasteiger partial charge in [-0.2, -0.15) is 0 Å². The minimum atomic E-state index is -0.267. The predicted octanol–water partition coefficient (Wildman–Crippen LogP) is 7.75. The van der Waals surface area contributed by atoms with Crippen molar-refractivity contribution in [2.45, 2.75) is 10.8 Å². The Labute approximate surface area is 178 Å². The lowest BCUT2D eigenvalue weighted by Crippen LogP contribution is -1.89. The van der Waals surface area contributed by atoms with E-state index in [0.717, 1.165) is 31.9 Å². The molecule has 2 aromatic carbocycles. The highest BCUT2D eigenvalue weighted by molar-refractivity contribution is 7.98. The normalized spacial score (nSPS) is 11.3. The van der Waals surface area contributed by atoms with E-state index < -0.39 is 0 Å². The van der Waals surface area contributed by atoms with Crippen molar-refractivity contribution in [1.29, 1.82) is 0 Å². The highest BCUT2D eigenvalue weighted by Gasteiger charge is 2.15. The fourth-order valence-electron chi connectivity index (χ4n) is 2.65. The third kappa shape index (κ3) is 3.93. The zero-order chi connectivity index (χ0) is 19.0. The Morgan fingerprint density at radius 3 is 2.41 bits per heavy atom. The zero-order valence-corrected chi connectivity index (χ0v) is 17.4. The molecule has 0 saturated carbocycles. The van der Waals surface area contributed by atoms with Crippen molar-refractivity contribution < 1.29 is 4.39 Å². The number of benzene rings is 2. The van der Waals surface area contributed by atoms with Crippen molar-refractivity contribution in [2.24, 2.45) is 0 Å². The monoisotopic (exact) mass is 454 g/mol. The molecule has 2 nitrogen and oxygen atoms in total. The predicted molar refractivity (Wildman–Crippen MR) is 114 cm³/mol. The zero-order valence-electron chi connectivity index (χ0n) is 13.5. The second-order valence-corrected chi connectivity index (χ2v) is 8.72. The number of hydrogen-bond acceptors (Lipinski definition) is 4. The molecule has 4 rings (SSSR count). The summed E-state index contributed by atoms with van der Waals surface area (Å²) >= 11 is 21.6. The van der Waals surface area contributed by atoms with Gasteiger partial charge in [0.1, 0.15) is 22.0 Å². The second-order valence-electron chi connectivity index (χ2n) is 5.65. The molecule has 8 heteroatoms. The largest absolute Gasteiger partial charge is 0.229 e. The van der Waals surface area contributed by atoms with Crippen LogP contribution in [0.2, 0.25) is 15.1 Å². The molecule has 0 aliphatic heterocycles. The number of aromatic nitrogens is 2. The molecular formula is C19H10Cl3FN2S2. The Hall–Kier alpha value is -1.37. The fraction of sp³-hybridized carbons (Fsp3) is 0.0526. The molecule has 0 aliphatic carbocycles. The summed E-state index contributed by atoms with van der Waals surface area (Å²) in [6.07, 6.45) is 1.54. The fourth-order valence-corrected chi connectivity index (χ4v) is 5.80. The lowest BCUT2D eigenvalue weighted by molar-refractivity contribution is 0.628. The molecule has 0 spiro atoms. The van der Waals surface area contributed by atoms with Crippen LogP contribution in [0.1, 0.15) is 5.56 Å². The van der Waals surface area contributed by atoms with Gasteiger partial charge in [0.2, 0.25) is 0 Å². The quantitative estimate of drug-likeness (QED) is 0.232. The van der Waals surface area contributed by atoms with Crippen LogP contribution in [0.3, 0.4) is 0 Å². The number of nitrogens with zero attached hydrogens (tertiary/aromatic N) is 2. The van der Waals surface area contributed by atoms with Gasteiger partial charge in [0, 0.05) is 31.8 Å². The molecule has 0 atom stereocenters. The minimum absolute atomic E-state index is 0.267. The maximum absolute atomic E-state index is 13.3. The van der Waals surface area contributed by atoms with Gasteiger partial charge in [-0.3, -0.25) is 0 Å². The van der Waals surface area contributed by atoms with Crippen molar-refractivity contribution in [2.75, 3.05) is 0 Å². The van der Waals surface area contributed by atoms with E-state index in [0.29, 0.717) is 20.8 Å². The highest BCUT2D eigenvalue weighted by atomic mass is 35.5. The summed E-state index contributed by atoms with van der Waals surface area (Å²) in [5.74, 6) is 0.274. The first kappa shape index (κ1) is 19.0. The van der Waals surface area contributed by atoms with Crippen LogP contribution in [-0.2, 0) is 5.75 Å². The molecule has 2 aromatic heterocycles. The second kappa shape index (κ2) is 7.94. The third-order valence-electron chi connectivity index (χ3n) is 3.95. The minimum Gasteiger partial charge on any atom is -0.229 e. The van der Waals surface area contributed by atoms with Gasteiger partial charge in [-0.15, -0.1) is 23.1 Å². The molecule has 0 saturated heterocycles. The van der Waals surface area contributed by atoms with Crippen LogP contribution in [0.4, 0.5) is 4.39 Å². The number of rotatable bonds is 4. The third-order valence-corrected chi connectivity index (χ3v) is 6.74. The standard InChI is InChI=1S/C19H10Cl3FN2S2/c20-11-5-15(21)14(16(22)6-11)8-27-19-17-13(7-26-18(17)24-9-25-19)10-1-3-12(23)4-2-10/h1-7,9H,8H2. The topological polar surface area (TPSA) is 25.8 Å². The van der Waals surface area contributed by atoms with E-state index in [2.05, 4.69) is 9.97 Å². The Morgan fingerprint density at radius 1 is 1.00 bits per heavy atom. The van der Waals surface area contributed by atoms with Crippen molar-refractivity contribution in [3.8, 4) is 11.1 Å². The van der Waals surface area contributed by atoms with E-state index >= 15 is 0 Å². The van der Waals surface area contributed by atoms with E-state index in [9.17, 15) is 4.39 Å². The van der Waals surface area contributed by atoms with E-state index in [1.54, 1.807) is 30.6 Å². The van der Waals surface area contributed by atoms with Gasteiger partial charge in [-0.05, 0) is 35.4 Å². The summed E-state index contributed by atoms with van der Waals surface area (Å²) in [5.41, 5.74) is 2.70. The van der Waals surface area contributed by atoms with Crippen molar-refractivity contribution >= 4 is 68.1 Å². The SMILES string of the molecule is Fc1ccc(-c2csc3ncnc(SCc4c(Cl)cc(Cl)cc4Cl)c23)cc1. The summed E-state index contributed by atoms with van der Waals surface area (Å²) in [6.45, 7) is 0. The summed E-state index contributed by atoms with van der Waals surface area (Å²) in [6, 6.07) is 9.76. The summed E-state index contributed by atoms with van der Waals surface area (Å²) < 4.78 is 13.3. The van der Waals surface area contributed by atoms with Crippen LogP contribution in [0.25, 0.3) is 21.3 Å². The van der Waals surface area contributed by atoms with Crippen molar-refractivity contribution in [3.05, 3.63) is 74.6 Å². The average Bonchev–Trinajstić information content (AvgIpc) is 3.06. The van der Waals surface area contributed by atoms with Crippen LogP contribution in [0, 0.1) is 5.82 Å². The first-order chi connectivity index (χ1) is 13.0. The summed E-state index contributed by atoms with van der Waals surface area (Å²) in [7, 11) is 0. The molecule has 136 valence electrons. The highest BCUT2D eigenvalue weighted by Crippen LogP contribution is 2.40. The Morgan fingerprint density at radius 2 is 1.70 bits per heavy atom. The molecule has 2 heterocycles. The molecular weight excluding hydrogens is 446 g/mol. The van der Waals surface area contributed by atoms with Crippen LogP contribution < -0.4 is 0 Å². The molecule has 0 unspecified atom stereocenters. The van der Waals surface area contributed by atoms with E-state index in [4.69, 9.17) is 34.8 Å². The molecule has 0 fully saturated rings. The first-order valence-corrected chi connectivity index (χ1v) is 10.8. The number of hydrogen-bond donors (Lipinski definition) is 0. The lowest BCUT2D eigenvalue weighted by atomic mass is 10.1. The molecule has 0 bridgehead atoms. The first-order valence-electron chi connectivity index (χ1n) is 7.77.